The van der Waals surface area contributed by atoms with Gasteiger partial charge in [-0.25, -0.2) is 0 Å². The third-order valence-corrected chi connectivity index (χ3v) is 2.36. The molecule has 4 heteroatoms. The first kappa shape index (κ1) is 14.7. The molecule has 0 aromatic carbocycles. The summed E-state index contributed by atoms with van der Waals surface area (Å²) in [7, 11) is 0. The number of rotatable bonds is 6. The highest BCUT2D eigenvalue weighted by molar-refractivity contribution is 5.79. The van der Waals surface area contributed by atoms with Gasteiger partial charge in [0.25, 0.3) is 0 Å². The molecular weight excluding hydrogens is 202 g/mol. The molecule has 92 valence electrons. The van der Waals surface area contributed by atoms with E-state index in [1.165, 1.54) is 0 Å². The lowest BCUT2D eigenvalue weighted by atomic mass is 10.1. The van der Waals surface area contributed by atoms with Gasteiger partial charge in [0.15, 0.2) is 0 Å². The number of carbonyl (C=O) groups is 1. The Hall–Kier alpha value is -1.32. The van der Waals surface area contributed by atoms with E-state index in [1.807, 2.05) is 34.6 Å². The van der Waals surface area contributed by atoms with Crippen molar-refractivity contribution in [2.75, 3.05) is 0 Å². The number of nitrogens with one attached hydrogen (secondary N) is 2. The Labute approximate surface area is 98.2 Å². The molecule has 2 unspecified atom stereocenters. The molecule has 0 saturated heterocycles. The third kappa shape index (κ3) is 5.53. The first-order valence-corrected chi connectivity index (χ1v) is 5.64. The predicted octanol–water partition coefficient (Wildman–Crippen LogP) is 2.04. The van der Waals surface area contributed by atoms with Crippen molar-refractivity contribution in [3.63, 3.8) is 0 Å². The van der Waals surface area contributed by atoms with Gasteiger partial charge in [-0.2, -0.15) is 5.10 Å². The van der Waals surface area contributed by atoms with Crippen LogP contribution in [-0.4, -0.2) is 17.7 Å². The Bertz CT molecular complexity index is 280. The zero-order chi connectivity index (χ0) is 12.7. The topological polar surface area (TPSA) is 53.5 Å². The summed E-state index contributed by atoms with van der Waals surface area (Å²) in [5.41, 5.74) is 4.43. The van der Waals surface area contributed by atoms with Crippen LogP contribution in [-0.2, 0) is 4.79 Å². The molecule has 0 aliphatic heterocycles. The minimum absolute atomic E-state index is 0.0339. The second-order valence-electron chi connectivity index (χ2n) is 4.24. The normalized spacial score (nSPS) is 13.6. The lowest BCUT2D eigenvalue weighted by molar-refractivity contribution is -0.124. The molecule has 0 saturated carbocycles. The van der Waals surface area contributed by atoms with Crippen LogP contribution in [0.1, 0.15) is 41.0 Å². The van der Waals surface area contributed by atoms with Crippen molar-refractivity contribution in [2.24, 2.45) is 11.0 Å². The number of carbonyl (C=O) groups excluding carboxylic acids is 1. The SMILES string of the molecule is C=C(NN=C(C)C)C(C)NC(=O)C(C)CC. The Kier molecular flexibility index (Phi) is 6.46. The van der Waals surface area contributed by atoms with E-state index < -0.39 is 0 Å². The van der Waals surface area contributed by atoms with Gasteiger partial charge in [-0.3, -0.25) is 10.2 Å². The number of hydrogen-bond donors (Lipinski definition) is 2. The summed E-state index contributed by atoms with van der Waals surface area (Å²) in [5, 5.41) is 6.92. The summed E-state index contributed by atoms with van der Waals surface area (Å²) >= 11 is 0. The van der Waals surface area contributed by atoms with Gasteiger partial charge in [-0.1, -0.05) is 20.4 Å². The second kappa shape index (κ2) is 7.04. The fourth-order valence-corrected chi connectivity index (χ4v) is 0.909. The van der Waals surface area contributed by atoms with Crippen LogP contribution in [0.15, 0.2) is 17.4 Å². The van der Waals surface area contributed by atoms with Crippen LogP contribution in [0.2, 0.25) is 0 Å². The molecule has 2 atom stereocenters. The Morgan fingerprint density at radius 2 is 1.94 bits per heavy atom. The van der Waals surface area contributed by atoms with Crippen LogP contribution in [0.4, 0.5) is 0 Å². The summed E-state index contributed by atoms with van der Waals surface area (Å²) in [6.07, 6.45) is 0.838. The molecule has 0 heterocycles. The molecular formula is C12H23N3O. The highest BCUT2D eigenvalue weighted by atomic mass is 16.1. The first-order chi connectivity index (χ1) is 7.38. The first-order valence-electron chi connectivity index (χ1n) is 5.64. The molecule has 2 N–H and O–H groups in total. The summed E-state index contributed by atoms with van der Waals surface area (Å²) in [6, 6.07) is -0.121. The third-order valence-electron chi connectivity index (χ3n) is 2.36. The van der Waals surface area contributed by atoms with E-state index >= 15 is 0 Å². The van der Waals surface area contributed by atoms with Crippen molar-refractivity contribution in [3.05, 3.63) is 12.3 Å². The molecule has 16 heavy (non-hydrogen) atoms. The van der Waals surface area contributed by atoms with E-state index in [2.05, 4.69) is 22.4 Å². The Morgan fingerprint density at radius 3 is 2.38 bits per heavy atom. The number of nitrogens with zero attached hydrogens (tertiary/aromatic N) is 1. The van der Waals surface area contributed by atoms with Crippen LogP contribution in [0.3, 0.4) is 0 Å². The average molecular weight is 225 g/mol. The molecule has 0 fully saturated rings. The van der Waals surface area contributed by atoms with Gasteiger partial charge in [-0.15, -0.1) is 0 Å². The average Bonchev–Trinajstić information content (AvgIpc) is 2.24. The minimum atomic E-state index is -0.121. The highest BCUT2D eigenvalue weighted by Gasteiger charge is 2.14. The van der Waals surface area contributed by atoms with Gasteiger partial charge in [-0.05, 0) is 27.2 Å². The quantitative estimate of drug-likeness (QED) is 0.537. The smallest absolute Gasteiger partial charge is 0.223 e. The fourth-order valence-electron chi connectivity index (χ4n) is 0.909. The van der Waals surface area contributed by atoms with E-state index in [1.54, 1.807) is 0 Å². The van der Waals surface area contributed by atoms with E-state index in [9.17, 15) is 4.79 Å². The summed E-state index contributed by atoms with van der Waals surface area (Å²) in [6.45, 7) is 13.4. The molecule has 0 radical (unpaired) electrons. The van der Waals surface area contributed by atoms with E-state index in [4.69, 9.17) is 0 Å². The molecule has 0 aromatic heterocycles. The van der Waals surface area contributed by atoms with E-state index in [0.29, 0.717) is 5.70 Å². The maximum Gasteiger partial charge on any atom is 0.223 e. The Morgan fingerprint density at radius 1 is 1.38 bits per heavy atom. The van der Waals surface area contributed by atoms with Gasteiger partial charge >= 0.3 is 0 Å². The number of amides is 1. The zero-order valence-electron chi connectivity index (χ0n) is 10.9. The lowest BCUT2D eigenvalue weighted by Gasteiger charge is -2.18. The van der Waals surface area contributed by atoms with E-state index in [-0.39, 0.29) is 17.9 Å². The van der Waals surface area contributed by atoms with Gasteiger partial charge in [0.05, 0.1) is 6.04 Å². The fraction of sp³-hybridized carbons (Fsp3) is 0.667. The van der Waals surface area contributed by atoms with E-state index in [0.717, 1.165) is 12.1 Å². The highest BCUT2D eigenvalue weighted by Crippen LogP contribution is 2.02. The molecule has 0 spiro atoms. The van der Waals surface area contributed by atoms with Crippen LogP contribution >= 0.6 is 0 Å². The molecule has 0 bridgehead atoms. The van der Waals surface area contributed by atoms with Gasteiger partial charge in [0, 0.05) is 17.3 Å². The standard InChI is InChI=1S/C12H23N3O/c1-7-9(4)12(16)13-10(5)11(6)15-14-8(2)3/h9-10,15H,6-7H2,1-5H3,(H,13,16). The number of hydrazone groups is 1. The summed E-state index contributed by atoms with van der Waals surface area (Å²) < 4.78 is 0. The summed E-state index contributed by atoms with van der Waals surface area (Å²) in [5.74, 6) is 0.0850. The summed E-state index contributed by atoms with van der Waals surface area (Å²) in [4.78, 5) is 11.6. The second-order valence-corrected chi connectivity index (χ2v) is 4.24. The number of hydrogen-bond acceptors (Lipinski definition) is 3. The monoisotopic (exact) mass is 225 g/mol. The van der Waals surface area contributed by atoms with Crippen molar-refractivity contribution >= 4 is 11.6 Å². The van der Waals surface area contributed by atoms with Crippen molar-refractivity contribution < 1.29 is 4.79 Å². The van der Waals surface area contributed by atoms with Crippen molar-refractivity contribution in [1.82, 2.24) is 10.7 Å². The van der Waals surface area contributed by atoms with Crippen LogP contribution in [0.25, 0.3) is 0 Å². The van der Waals surface area contributed by atoms with Crippen molar-refractivity contribution in [1.29, 1.82) is 0 Å². The lowest BCUT2D eigenvalue weighted by Crippen LogP contribution is -2.39. The molecule has 1 amide bonds. The Balaban J connectivity index is 4.15. The maximum atomic E-state index is 11.6. The van der Waals surface area contributed by atoms with Crippen LogP contribution in [0.5, 0.6) is 0 Å². The van der Waals surface area contributed by atoms with Gasteiger partial charge < -0.3 is 5.32 Å². The molecule has 4 nitrogen and oxygen atoms in total. The largest absolute Gasteiger partial charge is 0.348 e. The van der Waals surface area contributed by atoms with Crippen molar-refractivity contribution in [3.8, 4) is 0 Å². The zero-order valence-corrected chi connectivity index (χ0v) is 10.9. The van der Waals surface area contributed by atoms with Crippen LogP contribution in [0, 0.1) is 5.92 Å². The maximum absolute atomic E-state index is 11.6. The molecule has 0 aliphatic rings. The van der Waals surface area contributed by atoms with Crippen LogP contribution < -0.4 is 10.7 Å². The van der Waals surface area contributed by atoms with Crippen molar-refractivity contribution in [2.45, 2.75) is 47.1 Å². The van der Waals surface area contributed by atoms with Gasteiger partial charge in [0.1, 0.15) is 0 Å². The molecule has 0 rings (SSSR count). The minimum Gasteiger partial charge on any atom is -0.348 e. The predicted molar refractivity (Wildman–Crippen MR) is 68.1 cm³/mol. The molecule has 0 aliphatic carbocycles. The van der Waals surface area contributed by atoms with Gasteiger partial charge in [0.2, 0.25) is 5.91 Å². The molecule has 0 aromatic rings.